The lowest BCUT2D eigenvalue weighted by atomic mass is 10.1. The summed E-state index contributed by atoms with van der Waals surface area (Å²) in [5.74, 6) is 1.56. The average Bonchev–Trinajstić information content (AvgIpc) is 2.83. The highest BCUT2D eigenvalue weighted by molar-refractivity contribution is 5.20. The zero-order chi connectivity index (χ0) is 11.8. The summed E-state index contributed by atoms with van der Waals surface area (Å²) >= 11 is 0. The summed E-state index contributed by atoms with van der Waals surface area (Å²) < 4.78 is 2.02. The first-order valence-electron chi connectivity index (χ1n) is 6.27. The van der Waals surface area contributed by atoms with Crippen LogP contribution in [0.1, 0.15) is 45.6 Å². The maximum Gasteiger partial charge on any atom is 0.0524 e. The molecular weight excluding hydrogens is 198 g/mol. The van der Waals surface area contributed by atoms with Crippen LogP contribution in [0.25, 0.3) is 0 Å². The van der Waals surface area contributed by atoms with E-state index in [1.807, 2.05) is 10.9 Å². The van der Waals surface area contributed by atoms with Crippen LogP contribution in [0.5, 0.6) is 0 Å². The van der Waals surface area contributed by atoms with Crippen molar-refractivity contribution in [3.63, 3.8) is 0 Å². The van der Waals surface area contributed by atoms with Gasteiger partial charge >= 0.3 is 0 Å². The molecule has 2 atom stereocenters. The van der Waals surface area contributed by atoms with Crippen LogP contribution in [-0.4, -0.2) is 21.9 Å². The molecule has 3 nitrogen and oxygen atoms in total. The molecule has 0 radical (unpaired) electrons. The molecule has 1 aliphatic rings. The molecule has 0 spiro atoms. The second-order valence-electron chi connectivity index (χ2n) is 5.86. The van der Waals surface area contributed by atoms with Crippen LogP contribution in [0, 0.1) is 5.92 Å². The zero-order valence-corrected chi connectivity index (χ0v) is 10.8. The van der Waals surface area contributed by atoms with E-state index in [0.717, 1.165) is 24.9 Å². The Labute approximate surface area is 98.2 Å². The van der Waals surface area contributed by atoms with E-state index in [1.54, 1.807) is 0 Å². The normalized spacial score (nSPS) is 24.8. The lowest BCUT2D eigenvalue weighted by molar-refractivity contribution is 0.414. The molecule has 0 saturated heterocycles. The lowest BCUT2D eigenvalue weighted by Gasteiger charge is -2.20. The highest BCUT2D eigenvalue weighted by atomic mass is 15.3. The minimum atomic E-state index is 0.237. The minimum absolute atomic E-state index is 0.237. The second kappa shape index (κ2) is 4.21. The van der Waals surface area contributed by atoms with Gasteiger partial charge in [-0.15, -0.1) is 0 Å². The van der Waals surface area contributed by atoms with E-state index in [4.69, 9.17) is 0 Å². The van der Waals surface area contributed by atoms with Crippen molar-refractivity contribution in [3.8, 4) is 0 Å². The molecule has 3 heteroatoms. The fourth-order valence-corrected chi connectivity index (χ4v) is 2.06. The van der Waals surface area contributed by atoms with Gasteiger partial charge in [-0.25, -0.2) is 0 Å². The monoisotopic (exact) mass is 221 g/mol. The molecule has 1 heterocycles. The van der Waals surface area contributed by atoms with E-state index in [2.05, 4.69) is 44.3 Å². The number of aromatic nitrogens is 2. The van der Waals surface area contributed by atoms with Crippen molar-refractivity contribution >= 4 is 0 Å². The maximum absolute atomic E-state index is 4.34. The van der Waals surface area contributed by atoms with E-state index in [9.17, 15) is 0 Å². The third-order valence-electron chi connectivity index (χ3n) is 3.22. The van der Waals surface area contributed by atoms with Gasteiger partial charge < -0.3 is 5.32 Å². The molecule has 1 saturated carbocycles. The van der Waals surface area contributed by atoms with Crippen molar-refractivity contribution in [2.45, 2.75) is 52.1 Å². The first kappa shape index (κ1) is 11.6. The van der Waals surface area contributed by atoms with Gasteiger partial charge in [-0.05, 0) is 58.1 Å². The molecule has 1 aliphatic carbocycles. The van der Waals surface area contributed by atoms with Gasteiger partial charge in [0.05, 0.1) is 6.20 Å². The lowest BCUT2D eigenvalue weighted by Crippen LogP contribution is -2.37. The van der Waals surface area contributed by atoms with Gasteiger partial charge in [0.1, 0.15) is 0 Å². The summed E-state index contributed by atoms with van der Waals surface area (Å²) in [6, 6.07) is 0. The molecular formula is C13H23N3. The molecule has 0 aliphatic heterocycles. The van der Waals surface area contributed by atoms with Crippen LogP contribution in [0.4, 0.5) is 0 Å². The number of hydrogen-bond acceptors (Lipinski definition) is 2. The first-order chi connectivity index (χ1) is 7.49. The van der Waals surface area contributed by atoms with Crippen LogP contribution >= 0.6 is 0 Å². The Balaban J connectivity index is 1.82. The Morgan fingerprint density at radius 1 is 1.50 bits per heavy atom. The van der Waals surface area contributed by atoms with Crippen LogP contribution in [0.2, 0.25) is 0 Å². The van der Waals surface area contributed by atoms with Crippen molar-refractivity contribution in [1.82, 2.24) is 15.1 Å². The number of hydrogen-bond donors (Lipinski definition) is 1. The minimum Gasteiger partial charge on any atom is -0.312 e. The molecule has 1 fully saturated rings. The van der Waals surface area contributed by atoms with Crippen molar-refractivity contribution in [1.29, 1.82) is 0 Å². The Morgan fingerprint density at radius 3 is 2.81 bits per heavy atom. The summed E-state index contributed by atoms with van der Waals surface area (Å²) in [7, 11) is 0. The number of nitrogens with zero attached hydrogens (tertiary/aromatic N) is 2. The average molecular weight is 221 g/mol. The van der Waals surface area contributed by atoms with E-state index in [0.29, 0.717) is 0 Å². The summed E-state index contributed by atoms with van der Waals surface area (Å²) in [5, 5.41) is 7.91. The zero-order valence-electron chi connectivity index (χ0n) is 10.8. The molecule has 1 N–H and O–H groups in total. The Kier molecular flexibility index (Phi) is 3.06. The molecule has 2 rings (SSSR count). The highest BCUT2D eigenvalue weighted by Crippen LogP contribution is 2.46. The van der Waals surface area contributed by atoms with Gasteiger partial charge in [0.15, 0.2) is 0 Å². The Morgan fingerprint density at radius 2 is 2.25 bits per heavy atom. The van der Waals surface area contributed by atoms with Crippen LogP contribution in [0.15, 0.2) is 12.4 Å². The van der Waals surface area contributed by atoms with Crippen LogP contribution < -0.4 is 5.32 Å². The smallest absolute Gasteiger partial charge is 0.0524 e. The van der Waals surface area contributed by atoms with Crippen molar-refractivity contribution in [3.05, 3.63) is 18.0 Å². The van der Waals surface area contributed by atoms with Gasteiger partial charge in [-0.1, -0.05) is 0 Å². The molecule has 0 amide bonds. The van der Waals surface area contributed by atoms with E-state index < -0.39 is 0 Å². The Bertz CT molecular complexity index is 348. The molecule has 1 aromatic rings. The van der Waals surface area contributed by atoms with E-state index in [-0.39, 0.29) is 5.54 Å². The molecule has 90 valence electrons. The second-order valence-corrected chi connectivity index (χ2v) is 5.86. The molecule has 16 heavy (non-hydrogen) atoms. The Hall–Kier alpha value is -0.830. The highest BCUT2D eigenvalue weighted by Gasteiger charge is 2.39. The van der Waals surface area contributed by atoms with Crippen molar-refractivity contribution in [2.24, 2.45) is 5.92 Å². The van der Waals surface area contributed by atoms with Crippen LogP contribution in [0.3, 0.4) is 0 Å². The predicted molar refractivity (Wildman–Crippen MR) is 66.5 cm³/mol. The number of nitrogens with one attached hydrogen (secondary N) is 1. The third-order valence-corrected chi connectivity index (χ3v) is 3.22. The molecule has 0 bridgehead atoms. The van der Waals surface area contributed by atoms with Crippen LogP contribution in [-0.2, 0) is 6.54 Å². The van der Waals surface area contributed by atoms with Gasteiger partial charge in [0.25, 0.3) is 0 Å². The van der Waals surface area contributed by atoms with Gasteiger partial charge in [-0.3, -0.25) is 4.68 Å². The predicted octanol–water partition coefficient (Wildman–Crippen LogP) is 2.39. The summed E-state index contributed by atoms with van der Waals surface area (Å²) in [6.07, 6.45) is 5.55. The fourth-order valence-electron chi connectivity index (χ4n) is 2.06. The summed E-state index contributed by atoms with van der Waals surface area (Å²) in [4.78, 5) is 0. The molecule has 1 aromatic heterocycles. The molecule has 2 unspecified atom stereocenters. The molecule has 0 aromatic carbocycles. The van der Waals surface area contributed by atoms with Crippen molar-refractivity contribution in [2.75, 3.05) is 6.54 Å². The fraction of sp³-hybridized carbons (Fsp3) is 0.769. The summed E-state index contributed by atoms with van der Waals surface area (Å²) in [6.45, 7) is 10.9. The maximum atomic E-state index is 4.34. The quantitative estimate of drug-likeness (QED) is 0.846. The van der Waals surface area contributed by atoms with Gasteiger partial charge in [0.2, 0.25) is 0 Å². The SMILES string of the molecule is CCn1cc(C2CC2CNC(C)(C)C)cn1. The first-order valence-corrected chi connectivity index (χ1v) is 6.27. The topological polar surface area (TPSA) is 29.9 Å². The number of aryl methyl sites for hydroxylation is 1. The van der Waals surface area contributed by atoms with E-state index >= 15 is 0 Å². The third kappa shape index (κ3) is 2.85. The summed E-state index contributed by atoms with van der Waals surface area (Å²) in [5.41, 5.74) is 1.66. The van der Waals surface area contributed by atoms with Gasteiger partial charge in [-0.2, -0.15) is 5.10 Å². The van der Waals surface area contributed by atoms with E-state index in [1.165, 1.54) is 12.0 Å². The van der Waals surface area contributed by atoms with Crippen molar-refractivity contribution < 1.29 is 0 Å². The van der Waals surface area contributed by atoms with Gasteiger partial charge in [0, 0.05) is 18.3 Å². The number of rotatable bonds is 4. The standard InChI is InChI=1S/C13H23N3/c1-5-16-9-11(8-15-16)12-6-10(12)7-14-13(2,3)4/h8-10,12,14H,5-7H2,1-4H3. The largest absolute Gasteiger partial charge is 0.312 e.